The standard InChI is InChI=1S/C31H35N9O2/c1-40(2)28-15-12-25(19-33-28)24-5-3-4-21(16-24)17-27(35-30(41)23-8-6-20(18-32)7-9-23)31(42)34-26-13-10-22(11-14-26)29-36-38-39-37-29/h3-5,10-16,18-19,23,27H,6-9,17,32H2,1-2H3,(H,34,42)(H,35,41)(H,36,37,38,39)/t23?,27-/m0/s1. The number of hydrogen-bond donors (Lipinski definition) is 4. The second-order valence-corrected chi connectivity index (χ2v) is 10.7. The first kappa shape index (κ1) is 28.5. The van der Waals surface area contributed by atoms with Gasteiger partial charge in [-0.15, -0.1) is 10.2 Å². The van der Waals surface area contributed by atoms with Crippen LogP contribution in [-0.4, -0.2) is 57.6 Å². The number of aromatic nitrogens is 5. The maximum Gasteiger partial charge on any atom is 0.247 e. The van der Waals surface area contributed by atoms with Crippen LogP contribution in [0.2, 0.25) is 0 Å². The summed E-state index contributed by atoms with van der Waals surface area (Å²) >= 11 is 0. The summed E-state index contributed by atoms with van der Waals surface area (Å²) in [5.41, 5.74) is 11.1. The first-order valence-corrected chi connectivity index (χ1v) is 14.0. The molecule has 0 unspecified atom stereocenters. The fourth-order valence-corrected chi connectivity index (χ4v) is 5.07. The Hall–Kier alpha value is -5.06. The molecule has 0 radical (unpaired) electrons. The Kier molecular flexibility index (Phi) is 8.86. The topological polar surface area (TPSA) is 155 Å². The molecule has 42 heavy (non-hydrogen) atoms. The van der Waals surface area contributed by atoms with E-state index in [1.807, 2.05) is 61.6 Å². The molecule has 5 N–H and O–H groups in total. The molecule has 0 aliphatic heterocycles. The van der Waals surface area contributed by atoms with Gasteiger partial charge >= 0.3 is 0 Å². The predicted octanol–water partition coefficient (Wildman–Crippen LogP) is 3.69. The van der Waals surface area contributed by atoms with Crippen molar-refractivity contribution in [2.24, 2.45) is 11.7 Å². The molecule has 1 atom stereocenters. The zero-order valence-corrected chi connectivity index (χ0v) is 23.7. The van der Waals surface area contributed by atoms with Crippen LogP contribution in [0, 0.1) is 5.92 Å². The Bertz CT molecular complexity index is 1520. The Labute approximate surface area is 244 Å². The molecule has 11 nitrogen and oxygen atoms in total. The third kappa shape index (κ3) is 6.98. The second-order valence-electron chi connectivity index (χ2n) is 10.7. The van der Waals surface area contributed by atoms with Gasteiger partial charge in [-0.3, -0.25) is 9.59 Å². The van der Waals surface area contributed by atoms with Crippen molar-refractivity contribution in [3.05, 3.63) is 84.2 Å². The smallest absolute Gasteiger partial charge is 0.247 e. The Morgan fingerprint density at radius 1 is 1.05 bits per heavy atom. The average Bonchev–Trinajstić information content (AvgIpc) is 3.56. The van der Waals surface area contributed by atoms with Gasteiger partial charge in [-0.05, 0) is 84.6 Å². The minimum Gasteiger partial charge on any atom is -0.405 e. The van der Waals surface area contributed by atoms with E-state index in [0.717, 1.165) is 40.9 Å². The molecule has 0 bridgehead atoms. The molecule has 11 heteroatoms. The maximum atomic E-state index is 13.6. The largest absolute Gasteiger partial charge is 0.405 e. The summed E-state index contributed by atoms with van der Waals surface area (Å²) in [5.74, 6) is 0.765. The lowest BCUT2D eigenvalue weighted by molar-refractivity contribution is -0.129. The highest BCUT2D eigenvalue weighted by atomic mass is 16.2. The van der Waals surface area contributed by atoms with Crippen LogP contribution in [0.15, 0.2) is 78.6 Å². The maximum absolute atomic E-state index is 13.6. The van der Waals surface area contributed by atoms with E-state index in [1.54, 1.807) is 30.5 Å². The molecule has 2 heterocycles. The van der Waals surface area contributed by atoms with Gasteiger partial charge in [0, 0.05) is 49.4 Å². The van der Waals surface area contributed by atoms with E-state index in [9.17, 15) is 9.59 Å². The van der Waals surface area contributed by atoms with Crippen molar-refractivity contribution < 1.29 is 9.59 Å². The van der Waals surface area contributed by atoms with Gasteiger partial charge in [0.2, 0.25) is 17.6 Å². The lowest BCUT2D eigenvalue weighted by Crippen LogP contribution is -2.47. The number of carbonyl (C=O) groups excluding carboxylic acids is 2. The summed E-state index contributed by atoms with van der Waals surface area (Å²) in [6, 6.07) is 18.4. The minimum absolute atomic E-state index is 0.113. The monoisotopic (exact) mass is 565 g/mol. The molecule has 4 aromatic rings. The van der Waals surface area contributed by atoms with Crippen molar-refractivity contribution >= 4 is 23.3 Å². The molecule has 1 fully saturated rings. The van der Waals surface area contributed by atoms with Crippen molar-refractivity contribution in [1.29, 1.82) is 0 Å². The summed E-state index contributed by atoms with van der Waals surface area (Å²) < 4.78 is 0. The number of benzene rings is 2. The molecule has 2 aromatic carbocycles. The van der Waals surface area contributed by atoms with Crippen molar-refractivity contribution in [3.63, 3.8) is 0 Å². The molecule has 2 amide bonds. The van der Waals surface area contributed by atoms with Crippen LogP contribution in [0.25, 0.3) is 22.5 Å². The van der Waals surface area contributed by atoms with E-state index in [2.05, 4.69) is 36.2 Å². The van der Waals surface area contributed by atoms with E-state index >= 15 is 0 Å². The quantitative estimate of drug-likeness (QED) is 0.240. The van der Waals surface area contributed by atoms with Gasteiger partial charge in [0.05, 0.1) is 0 Å². The van der Waals surface area contributed by atoms with Gasteiger partial charge in [-0.1, -0.05) is 29.8 Å². The highest BCUT2D eigenvalue weighted by molar-refractivity contribution is 5.97. The van der Waals surface area contributed by atoms with Crippen LogP contribution in [0.5, 0.6) is 0 Å². The van der Waals surface area contributed by atoms with E-state index in [0.29, 0.717) is 30.8 Å². The van der Waals surface area contributed by atoms with E-state index < -0.39 is 6.04 Å². The number of nitrogens with one attached hydrogen (secondary N) is 3. The van der Waals surface area contributed by atoms with Gasteiger partial charge in [-0.25, -0.2) is 4.98 Å². The molecule has 5 rings (SSSR count). The van der Waals surface area contributed by atoms with Crippen LogP contribution in [-0.2, 0) is 16.0 Å². The minimum atomic E-state index is -0.773. The number of anilines is 2. The third-order valence-electron chi connectivity index (χ3n) is 7.53. The second kappa shape index (κ2) is 13.1. The van der Waals surface area contributed by atoms with Crippen molar-refractivity contribution in [3.8, 4) is 22.5 Å². The third-order valence-corrected chi connectivity index (χ3v) is 7.53. The number of amides is 2. The number of H-pyrrole nitrogens is 1. The zero-order valence-electron chi connectivity index (χ0n) is 23.7. The van der Waals surface area contributed by atoms with E-state index in [-0.39, 0.29) is 17.7 Å². The number of carbonyl (C=O) groups is 2. The molecular formula is C31H35N9O2. The molecule has 0 spiro atoms. The zero-order chi connectivity index (χ0) is 29.5. The van der Waals surface area contributed by atoms with Gasteiger partial charge < -0.3 is 21.3 Å². The summed E-state index contributed by atoms with van der Waals surface area (Å²) in [7, 11) is 3.90. The molecule has 0 saturated heterocycles. The number of aromatic amines is 1. The number of allylic oxidation sites excluding steroid dienone is 1. The summed E-state index contributed by atoms with van der Waals surface area (Å²) in [4.78, 5) is 33.4. The van der Waals surface area contributed by atoms with Gasteiger partial charge in [0.15, 0.2) is 0 Å². The SMILES string of the molecule is CN(C)c1ccc(-c2cccc(C[C@H](NC(=O)C3CCC(=CN)CC3)C(=O)Nc3ccc(-c4nn[nH]n4)cc3)c2)cn1. The fraction of sp³-hybridized carbons (Fsp3) is 0.290. The molecular weight excluding hydrogens is 530 g/mol. The lowest BCUT2D eigenvalue weighted by Gasteiger charge is -2.26. The van der Waals surface area contributed by atoms with Crippen LogP contribution in [0.3, 0.4) is 0 Å². The highest BCUT2D eigenvalue weighted by Gasteiger charge is 2.28. The Morgan fingerprint density at radius 3 is 2.45 bits per heavy atom. The summed E-state index contributed by atoms with van der Waals surface area (Å²) in [6.07, 6.45) is 6.83. The van der Waals surface area contributed by atoms with E-state index in [4.69, 9.17) is 5.73 Å². The molecule has 1 aliphatic rings. The normalized spacial score (nSPS) is 15.5. The van der Waals surface area contributed by atoms with E-state index in [1.165, 1.54) is 5.57 Å². The van der Waals surface area contributed by atoms with Gasteiger partial charge in [-0.2, -0.15) is 5.21 Å². The molecule has 1 aliphatic carbocycles. The average molecular weight is 566 g/mol. The van der Waals surface area contributed by atoms with Gasteiger partial charge in [0.1, 0.15) is 11.9 Å². The summed E-state index contributed by atoms with van der Waals surface area (Å²) in [5, 5.41) is 20.0. The van der Waals surface area contributed by atoms with Crippen molar-refractivity contribution in [2.75, 3.05) is 24.3 Å². The van der Waals surface area contributed by atoms with Crippen LogP contribution in [0.4, 0.5) is 11.5 Å². The predicted molar refractivity (Wildman–Crippen MR) is 162 cm³/mol. The van der Waals surface area contributed by atoms with Crippen molar-refractivity contribution in [1.82, 2.24) is 30.9 Å². The number of pyridine rings is 1. The number of rotatable bonds is 9. The number of hydrogen-bond acceptors (Lipinski definition) is 8. The first-order chi connectivity index (χ1) is 20.4. The first-order valence-electron chi connectivity index (χ1n) is 14.0. The summed E-state index contributed by atoms with van der Waals surface area (Å²) in [6.45, 7) is 0. The lowest BCUT2D eigenvalue weighted by atomic mass is 9.85. The Morgan fingerprint density at radius 2 is 1.81 bits per heavy atom. The Balaban J connectivity index is 1.33. The van der Waals surface area contributed by atoms with Crippen LogP contribution in [0.1, 0.15) is 31.2 Å². The molecule has 1 saturated carbocycles. The number of nitrogens with zero attached hydrogens (tertiary/aromatic N) is 5. The van der Waals surface area contributed by atoms with Crippen LogP contribution >= 0.6 is 0 Å². The highest BCUT2D eigenvalue weighted by Crippen LogP contribution is 2.28. The molecule has 2 aromatic heterocycles. The number of nitrogens with two attached hydrogens (primary N) is 1. The van der Waals surface area contributed by atoms with Crippen LogP contribution < -0.4 is 21.3 Å². The fourth-order valence-electron chi connectivity index (χ4n) is 5.07. The van der Waals surface area contributed by atoms with Crippen molar-refractivity contribution in [2.45, 2.75) is 38.1 Å². The number of tetrazole rings is 1. The van der Waals surface area contributed by atoms with Gasteiger partial charge in [0.25, 0.3) is 0 Å². The molecule has 216 valence electrons.